The van der Waals surface area contributed by atoms with Crippen molar-refractivity contribution in [1.82, 2.24) is 4.72 Å². The second kappa shape index (κ2) is 20.4. The highest BCUT2D eigenvalue weighted by atomic mass is 32.2. The molecule has 0 aliphatic heterocycles. The van der Waals surface area contributed by atoms with Crippen molar-refractivity contribution >= 4 is 18.3 Å². The molecule has 2 unspecified atom stereocenters. The first kappa shape index (κ1) is 32.3. The minimum Gasteiger partial charge on any atom is -0.566 e. The summed E-state index contributed by atoms with van der Waals surface area (Å²) in [6.07, 6.45) is 6.38. The first-order valence-electron chi connectivity index (χ1n) is 12.4. The molecule has 0 fully saturated rings. The molecule has 2 aromatic carbocycles. The predicted octanol–water partition coefficient (Wildman–Crippen LogP) is 4.11. The molecule has 2 atom stereocenters. The fraction of sp³-hybridized carbons (Fsp3) is 0.538. The number of ether oxygens (including phenoxy) is 1. The van der Waals surface area contributed by atoms with Crippen LogP contribution in [-0.2, 0) is 36.9 Å². The molecular formula is C26H40NO7PS. The number of hydrogen-bond acceptors (Lipinski definition) is 7. The average Bonchev–Trinajstić information content (AvgIpc) is 2.87. The third kappa shape index (κ3) is 17.7. The van der Waals surface area contributed by atoms with E-state index in [9.17, 15) is 23.0 Å². The lowest BCUT2D eigenvalue weighted by atomic mass is 10.1. The van der Waals surface area contributed by atoms with E-state index in [1.807, 2.05) is 60.7 Å². The predicted molar refractivity (Wildman–Crippen MR) is 141 cm³/mol. The topological polar surface area (TPSA) is 125 Å². The number of nitrogens with one attached hydrogen (secondary N) is 1. The Morgan fingerprint density at radius 2 is 1.58 bits per heavy atom. The second-order valence-corrected chi connectivity index (χ2v) is 10.9. The van der Waals surface area contributed by atoms with Crippen LogP contribution in [0.3, 0.4) is 0 Å². The fourth-order valence-electron chi connectivity index (χ4n) is 3.36. The Balaban J connectivity index is 0.000000397. The molecule has 36 heavy (non-hydrogen) atoms. The number of aryl methyl sites for hydroxylation is 1. The van der Waals surface area contributed by atoms with Gasteiger partial charge in [0, 0.05) is 6.04 Å². The average molecular weight is 542 g/mol. The zero-order valence-electron chi connectivity index (χ0n) is 21.1. The number of hydrogen-bond donors (Lipinski definition) is 2. The smallest absolute Gasteiger partial charge is 0.488 e. The Labute approximate surface area is 217 Å². The molecule has 0 aliphatic rings. The molecule has 2 rings (SSSR count). The number of aliphatic hydroxyl groups excluding tert-OH is 1. The van der Waals surface area contributed by atoms with Gasteiger partial charge in [-0.25, -0.2) is 13.1 Å². The van der Waals surface area contributed by atoms with Gasteiger partial charge >= 0.3 is 8.25 Å². The largest absolute Gasteiger partial charge is 0.566 e. The zero-order chi connectivity index (χ0) is 26.5. The molecule has 202 valence electrons. The monoisotopic (exact) mass is 541 g/mol. The van der Waals surface area contributed by atoms with Gasteiger partial charge in [0.25, 0.3) is 0 Å². The maximum atomic E-state index is 12.1. The molecule has 0 heterocycles. The summed E-state index contributed by atoms with van der Waals surface area (Å²) in [6.45, 7) is 2.83. The SMILES string of the molecule is CCCCCCC(CO)NS(=O)(=O)CCCc1ccccc1.O=[P+]([O-])OCCOCc1ccccc1. The number of rotatable bonds is 18. The van der Waals surface area contributed by atoms with Gasteiger partial charge in [0.15, 0.2) is 0 Å². The third-order valence-corrected chi connectivity index (χ3v) is 7.14. The van der Waals surface area contributed by atoms with E-state index in [-0.39, 0.29) is 31.6 Å². The van der Waals surface area contributed by atoms with Gasteiger partial charge < -0.3 is 14.7 Å². The molecule has 8 nitrogen and oxygen atoms in total. The molecule has 0 amide bonds. The molecule has 0 aromatic heterocycles. The number of sulfonamides is 1. The van der Waals surface area contributed by atoms with Gasteiger partial charge in [-0.05, 0) is 35.0 Å². The molecule has 0 spiro atoms. The van der Waals surface area contributed by atoms with Crippen LogP contribution in [0.4, 0.5) is 0 Å². The highest BCUT2D eigenvalue weighted by Gasteiger charge is 2.16. The summed E-state index contributed by atoms with van der Waals surface area (Å²) in [5, 5.41) is 9.32. The fourth-order valence-corrected chi connectivity index (χ4v) is 4.93. The Morgan fingerprint density at radius 1 is 0.944 bits per heavy atom. The quantitative estimate of drug-likeness (QED) is 0.215. The van der Waals surface area contributed by atoms with Crippen molar-refractivity contribution in [1.29, 1.82) is 0 Å². The Morgan fingerprint density at radius 3 is 2.17 bits per heavy atom. The van der Waals surface area contributed by atoms with Crippen molar-refractivity contribution < 1.29 is 32.2 Å². The van der Waals surface area contributed by atoms with Crippen LogP contribution in [0, 0.1) is 0 Å². The van der Waals surface area contributed by atoms with Crippen molar-refractivity contribution in [2.75, 3.05) is 25.6 Å². The summed E-state index contributed by atoms with van der Waals surface area (Å²) in [5.41, 5.74) is 2.20. The molecule has 0 saturated heterocycles. The van der Waals surface area contributed by atoms with Crippen LogP contribution >= 0.6 is 8.25 Å². The molecule has 0 saturated carbocycles. The van der Waals surface area contributed by atoms with Crippen LogP contribution < -0.4 is 9.62 Å². The van der Waals surface area contributed by atoms with Crippen molar-refractivity contribution in [2.45, 2.75) is 64.5 Å². The summed E-state index contributed by atoms with van der Waals surface area (Å²) in [6, 6.07) is 19.2. The Kier molecular flexibility index (Phi) is 18.3. The zero-order valence-corrected chi connectivity index (χ0v) is 22.8. The maximum Gasteiger partial charge on any atom is 0.488 e. The minimum absolute atomic E-state index is 0.0749. The lowest BCUT2D eigenvalue weighted by molar-refractivity contribution is -0.186. The van der Waals surface area contributed by atoms with Crippen LogP contribution in [-0.4, -0.2) is 45.1 Å². The second-order valence-electron chi connectivity index (χ2n) is 8.35. The van der Waals surface area contributed by atoms with Gasteiger partial charge in [-0.15, -0.1) is 4.52 Å². The lowest BCUT2D eigenvalue weighted by Crippen LogP contribution is -2.38. The van der Waals surface area contributed by atoms with Crippen LogP contribution in [0.25, 0.3) is 0 Å². The van der Waals surface area contributed by atoms with E-state index in [0.717, 1.165) is 43.2 Å². The van der Waals surface area contributed by atoms with Gasteiger partial charge in [0.1, 0.15) is 6.61 Å². The van der Waals surface area contributed by atoms with Gasteiger partial charge in [-0.2, -0.15) is 0 Å². The molecule has 0 radical (unpaired) electrons. The number of aliphatic hydroxyl groups is 1. The van der Waals surface area contributed by atoms with Crippen molar-refractivity contribution in [3.8, 4) is 0 Å². The molecule has 0 aliphatic carbocycles. The van der Waals surface area contributed by atoms with E-state index in [2.05, 4.69) is 16.2 Å². The highest BCUT2D eigenvalue weighted by molar-refractivity contribution is 7.89. The normalized spacial score (nSPS) is 12.5. The molecule has 2 aromatic rings. The van der Waals surface area contributed by atoms with Crippen molar-refractivity contribution in [3.05, 3.63) is 71.8 Å². The van der Waals surface area contributed by atoms with Crippen molar-refractivity contribution in [2.24, 2.45) is 0 Å². The van der Waals surface area contributed by atoms with E-state index >= 15 is 0 Å². The van der Waals surface area contributed by atoms with E-state index in [1.165, 1.54) is 0 Å². The number of benzene rings is 2. The summed E-state index contributed by atoms with van der Waals surface area (Å²) in [7, 11) is -6.07. The highest BCUT2D eigenvalue weighted by Crippen LogP contribution is 2.09. The van der Waals surface area contributed by atoms with Crippen LogP contribution in [0.1, 0.15) is 56.6 Å². The third-order valence-electron chi connectivity index (χ3n) is 5.23. The van der Waals surface area contributed by atoms with E-state index < -0.39 is 18.3 Å². The van der Waals surface area contributed by atoms with Crippen LogP contribution in [0.15, 0.2) is 60.7 Å². The van der Waals surface area contributed by atoms with Gasteiger partial charge in [-0.1, -0.05) is 93.3 Å². The molecular weight excluding hydrogens is 501 g/mol. The Hall–Kier alpha value is -1.71. The molecule has 0 bridgehead atoms. The lowest BCUT2D eigenvalue weighted by Gasteiger charge is -2.16. The van der Waals surface area contributed by atoms with E-state index in [1.54, 1.807) is 0 Å². The summed E-state index contributed by atoms with van der Waals surface area (Å²) >= 11 is 0. The number of unbranched alkanes of at least 4 members (excludes halogenated alkanes) is 3. The molecule has 2 N–H and O–H groups in total. The minimum atomic E-state index is -3.32. The summed E-state index contributed by atoms with van der Waals surface area (Å²) < 4.78 is 46.2. The van der Waals surface area contributed by atoms with E-state index in [0.29, 0.717) is 19.4 Å². The van der Waals surface area contributed by atoms with Gasteiger partial charge in [0.2, 0.25) is 10.0 Å². The standard InChI is InChI=1S/C17H29NO3S.C9H11O4P/c1-2-3-4-8-13-17(15-19)18-22(20,21)14-9-12-16-10-6-5-7-11-16;10-14(11)13-7-6-12-8-9-4-2-1-3-5-9/h5-7,10-11,17-19H,2-4,8-9,12-15H2,1H3;1-5H,6-8H2. The van der Waals surface area contributed by atoms with Crippen molar-refractivity contribution in [3.63, 3.8) is 0 Å². The summed E-state index contributed by atoms with van der Waals surface area (Å²) in [4.78, 5) is 9.99. The Bertz CT molecular complexity index is 914. The first-order valence-corrected chi connectivity index (χ1v) is 15.1. The van der Waals surface area contributed by atoms with Crippen LogP contribution in [0.2, 0.25) is 0 Å². The molecule has 10 heteroatoms. The van der Waals surface area contributed by atoms with Crippen LogP contribution in [0.5, 0.6) is 0 Å². The first-order chi connectivity index (χ1) is 17.4. The van der Waals surface area contributed by atoms with Gasteiger partial charge in [-0.3, -0.25) is 0 Å². The van der Waals surface area contributed by atoms with Gasteiger partial charge in [0.05, 0.1) is 25.6 Å². The van der Waals surface area contributed by atoms with E-state index in [4.69, 9.17) is 4.74 Å². The maximum absolute atomic E-state index is 12.1. The summed E-state index contributed by atoms with van der Waals surface area (Å²) in [5.74, 6) is 0.105.